The van der Waals surface area contributed by atoms with Gasteiger partial charge in [0.2, 0.25) is 0 Å². The van der Waals surface area contributed by atoms with E-state index in [0.717, 1.165) is 12.0 Å². The topological polar surface area (TPSA) is 52.5 Å². The molecule has 1 rings (SSSR count). The molecule has 1 atom stereocenters. The lowest BCUT2D eigenvalue weighted by Gasteiger charge is -2.19. The van der Waals surface area contributed by atoms with E-state index in [0.29, 0.717) is 19.0 Å². The van der Waals surface area contributed by atoms with Crippen LogP contribution < -0.4 is 5.32 Å². The average Bonchev–Trinajstić information content (AvgIpc) is 2.27. The summed E-state index contributed by atoms with van der Waals surface area (Å²) in [7, 11) is 0. The van der Waals surface area contributed by atoms with Gasteiger partial charge in [-0.3, -0.25) is 0 Å². The van der Waals surface area contributed by atoms with Crippen LogP contribution in [-0.4, -0.2) is 28.9 Å². The van der Waals surface area contributed by atoms with E-state index in [1.807, 2.05) is 12.1 Å². The molecular formula is C16H27NO2. The fourth-order valence-electron chi connectivity index (χ4n) is 1.98. The van der Waals surface area contributed by atoms with Gasteiger partial charge in [-0.05, 0) is 37.3 Å². The summed E-state index contributed by atoms with van der Waals surface area (Å²) in [4.78, 5) is 0. The highest BCUT2D eigenvalue weighted by atomic mass is 16.3. The molecule has 0 amide bonds. The highest BCUT2D eigenvalue weighted by molar-refractivity contribution is 5.24. The van der Waals surface area contributed by atoms with Crippen LogP contribution in [0.15, 0.2) is 24.3 Å². The molecule has 0 aliphatic rings. The number of aliphatic hydroxyl groups excluding tert-OH is 1. The van der Waals surface area contributed by atoms with Gasteiger partial charge in [0.1, 0.15) is 0 Å². The molecule has 0 fully saturated rings. The Labute approximate surface area is 116 Å². The maximum Gasteiger partial charge on any atom is 0.0914 e. The van der Waals surface area contributed by atoms with Gasteiger partial charge in [0.05, 0.1) is 11.7 Å². The van der Waals surface area contributed by atoms with E-state index < -0.39 is 11.7 Å². The number of nitrogens with one attached hydrogen (secondary N) is 1. The molecule has 3 N–H and O–H groups in total. The second kappa shape index (κ2) is 7.04. The maximum absolute atomic E-state index is 10.0. The van der Waals surface area contributed by atoms with Crippen molar-refractivity contribution in [3.8, 4) is 0 Å². The molecule has 0 aliphatic heterocycles. The third-order valence-corrected chi connectivity index (χ3v) is 2.90. The predicted molar refractivity (Wildman–Crippen MR) is 79.1 cm³/mol. The molecule has 0 aliphatic carbocycles. The zero-order chi connectivity index (χ0) is 14.5. The monoisotopic (exact) mass is 265 g/mol. The van der Waals surface area contributed by atoms with Crippen molar-refractivity contribution >= 4 is 0 Å². The second-order valence-corrected chi connectivity index (χ2v) is 6.30. The van der Waals surface area contributed by atoms with E-state index >= 15 is 0 Å². The van der Waals surface area contributed by atoms with Gasteiger partial charge in [-0.2, -0.15) is 0 Å². The first kappa shape index (κ1) is 16.2. The lowest BCUT2D eigenvalue weighted by Crippen LogP contribution is -2.36. The summed E-state index contributed by atoms with van der Waals surface area (Å²) >= 11 is 0. The summed E-state index contributed by atoms with van der Waals surface area (Å²) in [5.41, 5.74) is 1.46. The van der Waals surface area contributed by atoms with Crippen molar-refractivity contribution in [3.63, 3.8) is 0 Å². The van der Waals surface area contributed by atoms with Crippen molar-refractivity contribution in [2.24, 2.45) is 5.92 Å². The highest BCUT2D eigenvalue weighted by Gasteiger charge is 2.13. The van der Waals surface area contributed by atoms with Crippen molar-refractivity contribution in [2.75, 3.05) is 13.1 Å². The summed E-state index contributed by atoms with van der Waals surface area (Å²) in [6.07, 6.45) is 0.531. The Morgan fingerprint density at radius 2 is 1.74 bits per heavy atom. The normalized spacial score (nSPS) is 13.8. The van der Waals surface area contributed by atoms with E-state index in [1.165, 1.54) is 5.56 Å². The zero-order valence-corrected chi connectivity index (χ0v) is 12.5. The molecule has 0 aromatic heterocycles. The van der Waals surface area contributed by atoms with Gasteiger partial charge in [-0.25, -0.2) is 0 Å². The molecule has 0 heterocycles. The second-order valence-electron chi connectivity index (χ2n) is 6.30. The van der Waals surface area contributed by atoms with Crippen molar-refractivity contribution < 1.29 is 10.2 Å². The number of rotatable bonds is 7. The van der Waals surface area contributed by atoms with Crippen LogP contribution in [0.4, 0.5) is 0 Å². The first-order valence-corrected chi connectivity index (χ1v) is 6.98. The Morgan fingerprint density at radius 1 is 1.16 bits per heavy atom. The highest BCUT2D eigenvalue weighted by Crippen LogP contribution is 2.15. The van der Waals surface area contributed by atoms with Crippen molar-refractivity contribution in [2.45, 2.75) is 45.8 Å². The minimum atomic E-state index is -0.749. The van der Waals surface area contributed by atoms with Crippen LogP contribution in [0.3, 0.4) is 0 Å². The Balaban J connectivity index is 2.46. The van der Waals surface area contributed by atoms with Gasteiger partial charge in [0, 0.05) is 13.1 Å². The van der Waals surface area contributed by atoms with Crippen LogP contribution in [0.1, 0.15) is 44.9 Å². The van der Waals surface area contributed by atoms with Gasteiger partial charge in [-0.15, -0.1) is 0 Å². The molecule has 19 heavy (non-hydrogen) atoms. The standard InChI is InChI=1S/C16H27NO2/c1-12(2)9-13-5-7-14(8-6-13)15(18)10-17-11-16(3,4)19/h5-8,12,15,17-19H,9-11H2,1-4H3. The summed E-state index contributed by atoms with van der Waals surface area (Å²) in [6.45, 7) is 8.80. The van der Waals surface area contributed by atoms with Gasteiger partial charge < -0.3 is 15.5 Å². The lowest BCUT2D eigenvalue weighted by molar-refractivity contribution is 0.0740. The van der Waals surface area contributed by atoms with E-state index in [9.17, 15) is 10.2 Å². The van der Waals surface area contributed by atoms with Crippen LogP contribution in [0, 0.1) is 5.92 Å². The maximum atomic E-state index is 10.0. The first-order valence-electron chi connectivity index (χ1n) is 6.98. The quantitative estimate of drug-likeness (QED) is 0.709. The van der Waals surface area contributed by atoms with Gasteiger partial charge in [-0.1, -0.05) is 38.1 Å². The van der Waals surface area contributed by atoms with Crippen LogP contribution in [0.2, 0.25) is 0 Å². The molecule has 0 spiro atoms. The summed E-state index contributed by atoms with van der Waals surface area (Å²) in [6, 6.07) is 8.12. The Hall–Kier alpha value is -0.900. The Morgan fingerprint density at radius 3 is 2.21 bits per heavy atom. The van der Waals surface area contributed by atoms with Crippen molar-refractivity contribution in [1.29, 1.82) is 0 Å². The van der Waals surface area contributed by atoms with E-state index in [-0.39, 0.29) is 0 Å². The van der Waals surface area contributed by atoms with Gasteiger partial charge in [0.25, 0.3) is 0 Å². The molecule has 108 valence electrons. The molecule has 3 nitrogen and oxygen atoms in total. The Kier molecular flexibility index (Phi) is 5.98. The fraction of sp³-hybridized carbons (Fsp3) is 0.625. The minimum Gasteiger partial charge on any atom is -0.389 e. The molecule has 1 aromatic rings. The largest absolute Gasteiger partial charge is 0.389 e. The van der Waals surface area contributed by atoms with Crippen LogP contribution in [-0.2, 0) is 6.42 Å². The zero-order valence-electron chi connectivity index (χ0n) is 12.5. The van der Waals surface area contributed by atoms with Crippen LogP contribution in [0.5, 0.6) is 0 Å². The lowest BCUT2D eigenvalue weighted by atomic mass is 10.00. The third kappa shape index (κ3) is 6.71. The van der Waals surface area contributed by atoms with Gasteiger partial charge in [0.15, 0.2) is 0 Å². The Bertz CT molecular complexity index is 365. The summed E-state index contributed by atoms with van der Waals surface area (Å²) in [5.74, 6) is 0.643. The van der Waals surface area contributed by atoms with Crippen LogP contribution in [0.25, 0.3) is 0 Å². The predicted octanol–water partition coefficient (Wildman–Crippen LogP) is 2.28. The van der Waals surface area contributed by atoms with E-state index in [2.05, 4.69) is 31.3 Å². The number of aliphatic hydroxyl groups is 2. The molecule has 1 aromatic carbocycles. The van der Waals surface area contributed by atoms with Gasteiger partial charge >= 0.3 is 0 Å². The molecule has 3 heteroatoms. The van der Waals surface area contributed by atoms with Crippen molar-refractivity contribution in [3.05, 3.63) is 35.4 Å². The first-order chi connectivity index (χ1) is 8.78. The molecular weight excluding hydrogens is 238 g/mol. The number of benzene rings is 1. The average molecular weight is 265 g/mol. The number of hydrogen-bond donors (Lipinski definition) is 3. The molecule has 0 radical (unpaired) electrons. The summed E-state index contributed by atoms with van der Waals surface area (Å²) < 4.78 is 0. The molecule has 1 unspecified atom stereocenters. The fourth-order valence-corrected chi connectivity index (χ4v) is 1.98. The summed E-state index contributed by atoms with van der Waals surface area (Å²) in [5, 5.41) is 22.7. The van der Waals surface area contributed by atoms with Crippen molar-refractivity contribution in [1.82, 2.24) is 5.32 Å². The number of hydrogen-bond acceptors (Lipinski definition) is 3. The third-order valence-electron chi connectivity index (χ3n) is 2.90. The SMILES string of the molecule is CC(C)Cc1ccc(C(O)CNCC(C)(C)O)cc1. The van der Waals surface area contributed by atoms with Crippen LogP contribution >= 0.6 is 0 Å². The molecule has 0 bridgehead atoms. The minimum absolute atomic E-state index is 0.452. The van der Waals surface area contributed by atoms with E-state index in [1.54, 1.807) is 13.8 Å². The van der Waals surface area contributed by atoms with E-state index in [4.69, 9.17) is 0 Å². The molecule has 0 saturated heterocycles. The molecule has 0 saturated carbocycles. The smallest absolute Gasteiger partial charge is 0.0914 e.